The largest absolute Gasteiger partial charge is 0.486 e. The molecule has 100 valence electrons. The van der Waals surface area contributed by atoms with E-state index >= 15 is 0 Å². The zero-order valence-corrected chi connectivity index (χ0v) is 13.0. The highest BCUT2D eigenvalue weighted by molar-refractivity contribution is 9.10. The van der Waals surface area contributed by atoms with E-state index in [1.165, 1.54) is 0 Å². The molecule has 1 heterocycles. The number of halogens is 1. The first-order chi connectivity index (χ1) is 9.81. The Morgan fingerprint density at radius 2 is 1.75 bits per heavy atom. The van der Waals surface area contributed by atoms with Crippen LogP contribution in [0.5, 0.6) is 5.75 Å². The lowest BCUT2D eigenvalue weighted by molar-refractivity contribution is 0.305. The van der Waals surface area contributed by atoms with Crippen molar-refractivity contribution in [2.75, 3.05) is 0 Å². The van der Waals surface area contributed by atoms with Crippen LogP contribution in [-0.4, -0.2) is 4.98 Å². The maximum absolute atomic E-state index is 5.72. The Labute approximate surface area is 130 Å². The highest BCUT2D eigenvalue weighted by Crippen LogP contribution is 2.23. The first-order valence-corrected chi connectivity index (χ1v) is 7.87. The van der Waals surface area contributed by atoms with E-state index in [9.17, 15) is 0 Å². The second-order valence-electron chi connectivity index (χ2n) is 4.24. The number of rotatable bonds is 4. The fourth-order valence-corrected chi connectivity index (χ4v) is 2.77. The minimum atomic E-state index is 0.499. The molecule has 20 heavy (non-hydrogen) atoms. The Kier molecular flexibility index (Phi) is 4.14. The molecule has 0 saturated heterocycles. The summed E-state index contributed by atoms with van der Waals surface area (Å²) < 4.78 is 6.77. The van der Waals surface area contributed by atoms with Gasteiger partial charge in [-0.1, -0.05) is 46.3 Å². The van der Waals surface area contributed by atoms with Crippen LogP contribution in [0.25, 0.3) is 11.3 Å². The molecule has 0 radical (unpaired) electrons. The summed E-state index contributed by atoms with van der Waals surface area (Å²) in [5, 5.41) is 3.04. The Bertz CT molecular complexity index is 679. The molecule has 4 heteroatoms. The van der Waals surface area contributed by atoms with Crippen LogP contribution in [0, 0.1) is 0 Å². The summed E-state index contributed by atoms with van der Waals surface area (Å²) in [7, 11) is 0. The standard InChI is InChI=1S/C16H12BrNOS/c17-13-6-8-14(9-7-13)19-10-16-18-15(11-20-16)12-4-2-1-3-5-12/h1-9,11H,10H2. The fraction of sp³-hybridized carbons (Fsp3) is 0.0625. The van der Waals surface area contributed by atoms with Gasteiger partial charge in [0.1, 0.15) is 17.4 Å². The lowest BCUT2D eigenvalue weighted by atomic mass is 10.2. The summed E-state index contributed by atoms with van der Waals surface area (Å²) in [6.07, 6.45) is 0. The lowest BCUT2D eigenvalue weighted by Crippen LogP contribution is -1.94. The minimum Gasteiger partial charge on any atom is -0.486 e. The number of hydrogen-bond donors (Lipinski definition) is 0. The Morgan fingerprint density at radius 1 is 1.00 bits per heavy atom. The molecular weight excluding hydrogens is 334 g/mol. The topological polar surface area (TPSA) is 22.1 Å². The molecule has 0 unspecified atom stereocenters. The van der Waals surface area contributed by atoms with E-state index in [4.69, 9.17) is 4.74 Å². The van der Waals surface area contributed by atoms with E-state index in [0.29, 0.717) is 6.61 Å². The number of hydrogen-bond acceptors (Lipinski definition) is 3. The van der Waals surface area contributed by atoms with Crippen molar-refractivity contribution in [2.24, 2.45) is 0 Å². The monoisotopic (exact) mass is 345 g/mol. The molecule has 0 aliphatic heterocycles. The molecule has 0 bridgehead atoms. The quantitative estimate of drug-likeness (QED) is 0.652. The first kappa shape index (κ1) is 13.3. The van der Waals surface area contributed by atoms with E-state index in [2.05, 4.69) is 38.4 Å². The van der Waals surface area contributed by atoms with Crippen molar-refractivity contribution < 1.29 is 4.74 Å². The molecule has 2 nitrogen and oxygen atoms in total. The lowest BCUT2D eigenvalue weighted by Gasteiger charge is -2.03. The van der Waals surface area contributed by atoms with Gasteiger partial charge in [0.2, 0.25) is 0 Å². The number of ether oxygens (including phenoxy) is 1. The Balaban J connectivity index is 1.67. The predicted molar refractivity (Wildman–Crippen MR) is 86.0 cm³/mol. The van der Waals surface area contributed by atoms with Crippen LogP contribution in [0.2, 0.25) is 0 Å². The van der Waals surface area contributed by atoms with E-state index in [0.717, 1.165) is 26.5 Å². The molecule has 3 rings (SSSR count). The normalized spacial score (nSPS) is 10.4. The van der Waals surface area contributed by atoms with Crippen LogP contribution in [0.4, 0.5) is 0 Å². The number of aromatic nitrogens is 1. The summed E-state index contributed by atoms with van der Waals surface area (Å²) in [5.74, 6) is 0.852. The fourth-order valence-electron chi connectivity index (χ4n) is 1.79. The van der Waals surface area contributed by atoms with Gasteiger partial charge in [-0.2, -0.15) is 0 Å². The predicted octanol–water partition coefficient (Wildman–Crippen LogP) is 5.15. The molecular formula is C16H12BrNOS. The molecule has 0 saturated carbocycles. The summed E-state index contributed by atoms with van der Waals surface area (Å²) in [6.45, 7) is 0.499. The maximum Gasteiger partial charge on any atom is 0.140 e. The average Bonchev–Trinajstić information content (AvgIpc) is 2.97. The van der Waals surface area contributed by atoms with Crippen molar-refractivity contribution in [2.45, 2.75) is 6.61 Å². The highest BCUT2D eigenvalue weighted by atomic mass is 79.9. The zero-order chi connectivity index (χ0) is 13.8. The third-order valence-electron chi connectivity index (χ3n) is 2.80. The van der Waals surface area contributed by atoms with Crippen molar-refractivity contribution in [3.05, 3.63) is 69.5 Å². The van der Waals surface area contributed by atoms with Crippen LogP contribution in [0.3, 0.4) is 0 Å². The molecule has 0 aliphatic carbocycles. The minimum absolute atomic E-state index is 0.499. The molecule has 0 amide bonds. The van der Waals surface area contributed by atoms with Crippen molar-refractivity contribution in [3.63, 3.8) is 0 Å². The van der Waals surface area contributed by atoms with Gasteiger partial charge in [0, 0.05) is 15.4 Å². The van der Waals surface area contributed by atoms with E-state index < -0.39 is 0 Å². The second kappa shape index (κ2) is 6.20. The van der Waals surface area contributed by atoms with Gasteiger partial charge in [-0.3, -0.25) is 0 Å². The van der Waals surface area contributed by atoms with Gasteiger partial charge in [-0.05, 0) is 24.3 Å². The first-order valence-electron chi connectivity index (χ1n) is 6.19. The van der Waals surface area contributed by atoms with Gasteiger partial charge >= 0.3 is 0 Å². The third-order valence-corrected chi connectivity index (χ3v) is 4.15. The summed E-state index contributed by atoms with van der Waals surface area (Å²) >= 11 is 5.03. The molecule has 0 spiro atoms. The van der Waals surface area contributed by atoms with Crippen LogP contribution in [0.1, 0.15) is 5.01 Å². The van der Waals surface area contributed by atoms with Gasteiger partial charge in [0.25, 0.3) is 0 Å². The molecule has 3 aromatic rings. The summed E-state index contributed by atoms with van der Waals surface area (Å²) in [4.78, 5) is 4.60. The molecule has 0 fully saturated rings. The summed E-state index contributed by atoms with van der Waals surface area (Å²) in [5.41, 5.74) is 2.14. The van der Waals surface area contributed by atoms with Crippen LogP contribution < -0.4 is 4.74 Å². The van der Waals surface area contributed by atoms with Gasteiger partial charge in [-0.25, -0.2) is 4.98 Å². The highest BCUT2D eigenvalue weighted by Gasteiger charge is 2.04. The smallest absolute Gasteiger partial charge is 0.140 e. The van der Waals surface area contributed by atoms with Crippen LogP contribution in [0.15, 0.2) is 64.5 Å². The average molecular weight is 346 g/mol. The van der Waals surface area contributed by atoms with E-state index in [1.807, 2.05) is 42.5 Å². The molecule has 2 aromatic carbocycles. The maximum atomic E-state index is 5.72. The van der Waals surface area contributed by atoms with Gasteiger partial charge in [-0.15, -0.1) is 11.3 Å². The van der Waals surface area contributed by atoms with Crippen molar-refractivity contribution in [3.8, 4) is 17.0 Å². The third kappa shape index (κ3) is 3.26. The van der Waals surface area contributed by atoms with Crippen molar-refractivity contribution in [1.29, 1.82) is 0 Å². The van der Waals surface area contributed by atoms with Gasteiger partial charge in [0.15, 0.2) is 0 Å². The Hall–Kier alpha value is -1.65. The number of thiazole rings is 1. The van der Waals surface area contributed by atoms with E-state index in [1.54, 1.807) is 11.3 Å². The Morgan fingerprint density at radius 3 is 2.50 bits per heavy atom. The van der Waals surface area contributed by atoms with Gasteiger partial charge in [0.05, 0.1) is 5.69 Å². The number of nitrogens with zero attached hydrogens (tertiary/aromatic N) is 1. The number of benzene rings is 2. The SMILES string of the molecule is Brc1ccc(OCc2nc(-c3ccccc3)cs2)cc1. The summed E-state index contributed by atoms with van der Waals surface area (Å²) in [6, 6.07) is 18.0. The van der Waals surface area contributed by atoms with Gasteiger partial charge < -0.3 is 4.74 Å². The molecule has 1 aromatic heterocycles. The van der Waals surface area contributed by atoms with Crippen LogP contribution in [-0.2, 0) is 6.61 Å². The van der Waals surface area contributed by atoms with Crippen molar-refractivity contribution >= 4 is 27.3 Å². The molecule has 0 aliphatic rings. The molecule has 0 atom stereocenters. The molecule has 0 N–H and O–H groups in total. The second-order valence-corrected chi connectivity index (χ2v) is 6.09. The van der Waals surface area contributed by atoms with E-state index in [-0.39, 0.29) is 0 Å². The van der Waals surface area contributed by atoms with Crippen molar-refractivity contribution in [1.82, 2.24) is 4.98 Å². The zero-order valence-electron chi connectivity index (χ0n) is 10.6. The van der Waals surface area contributed by atoms with Crippen LogP contribution >= 0.6 is 27.3 Å².